The zero-order valence-corrected chi connectivity index (χ0v) is 22.9. The summed E-state index contributed by atoms with van der Waals surface area (Å²) in [5, 5.41) is 1.80. The molecule has 6 rings (SSSR count). The molecule has 3 aromatic carbocycles. The number of H-pyrrole nitrogens is 1. The van der Waals surface area contributed by atoms with Crippen LogP contribution < -0.4 is 9.47 Å². The maximum absolute atomic E-state index is 13.6. The first-order chi connectivity index (χ1) is 19.1. The number of nitrogens with one attached hydrogen (secondary N) is 1. The van der Waals surface area contributed by atoms with Crippen LogP contribution in [0.25, 0.3) is 10.9 Å². The van der Waals surface area contributed by atoms with Gasteiger partial charge < -0.3 is 19.2 Å². The lowest BCUT2D eigenvalue weighted by Crippen LogP contribution is -2.42. The van der Waals surface area contributed by atoms with Crippen molar-refractivity contribution in [1.29, 1.82) is 0 Å². The van der Waals surface area contributed by atoms with Crippen molar-refractivity contribution in [1.82, 2.24) is 9.88 Å². The third kappa shape index (κ3) is 5.49. The number of carbonyl (C=O) groups is 1. The molecule has 0 radical (unpaired) electrons. The van der Waals surface area contributed by atoms with E-state index in [9.17, 15) is 4.79 Å². The fourth-order valence-electron chi connectivity index (χ4n) is 5.69. The number of benzene rings is 3. The van der Waals surface area contributed by atoms with E-state index in [1.54, 1.807) is 0 Å². The largest absolute Gasteiger partial charge is 0.490 e. The number of carbonyl (C=O) groups excluding carboxylic acids is 1. The van der Waals surface area contributed by atoms with Crippen LogP contribution in [0.2, 0.25) is 5.02 Å². The molecule has 1 amide bonds. The lowest BCUT2D eigenvalue weighted by Gasteiger charge is -2.35. The average molecular weight is 545 g/mol. The molecule has 2 aliphatic heterocycles. The Hall–Kier alpha value is -3.48. The monoisotopic (exact) mass is 544 g/mol. The van der Waals surface area contributed by atoms with Crippen molar-refractivity contribution in [3.63, 3.8) is 0 Å². The normalized spacial score (nSPS) is 17.7. The molecule has 2 aliphatic rings. The number of aromatic amines is 1. The van der Waals surface area contributed by atoms with Gasteiger partial charge in [0.15, 0.2) is 0 Å². The van der Waals surface area contributed by atoms with Crippen molar-refractivity contribution < 1.29 is 19.0 Å². The third-order valence-electron chi connectivity index (χ3n) is 7.66. The van der Waals surface area contributed by atoms with Crippen LogP contribution in [-0.2, 0) is 17.6 Å². The van der Waals surface area contributed by atoms with E-state index in [0.717, 1.165) is 66.8 Å². The molecule has 0 aliphatic carbocycles. The highest BCUT2D eigenvalue weighted by atomic mass is 35.5. The lowest BCUT2D eigenvalue weighted by atomic mass is 9.92. The summed E-state index contributed by atoms with van der Waals surface area (Å²) in [5.74, 6) is 1.37. The number of rotatable bonds is 6. The first kappa shape index (κ1) is 25.8. The van der Waals surface area contributed by atoms with Gasteiger partial charge in [-0.25, -0.2) is 4.79 Å². The zero-order valence-electron chi connectivity index (χ0n) is 22.1. The van der Waals surface area contributed by atoms with Crippen molar-refractivity contribution in [2.45, 2.75) is 51.2 Å². The number of amides is 1. The van der Waals surface area contributed by atoms with Crippen LogP contribution in [0.5, 0.6) is 11.5 Å². The molecule has 202 valence electrons. The molecule has 0 bridgehead atoms. The highest BCUT2D eigenvalue weighted by Crippen LogP contribution is 2.40. The van der Waals surface area contributed by atoms with Crippen LogP contribution in [0.4, 0.5) is 4.79 Å². The molecule has 1 unspecified atom stereocenters. The number of aromatic nitrogens is 1. The summed E-state index contributed by atoms with van der Waals surface area (Å²) < 4.78 is 17.5. The SMILES string of the molecule is CCCc1ccc(OC(=O)N2CCc3c([nH]c4ccc(Cl)cc34)C2c2ccc(OC3CCOCC3)cc2)cc1. The second-order valence-electron chi connectivity index (χ2n) is 10.3. The highest BCUT2D eigenvalue weighted by molar-refractivity contribution is 6.31. The summed E-state index contributed by atoms with van der Waals surface area (Å²) >= 11 is 6.35. The summed E-state index contributed by atoms with van der Waals surface area (Å²) in [4.78, 5) is 19.0. The van der Waals surface area contributed by atoms with Crippen molar-refractivity contribution >= 4 is 28.6 Å². The quantitative estimate of drug-likeness (QED) is 0.273. The Morgan fingerprint density at radius 2 is 1.77 bits per heavy atom. The first-order valence-electron chi connectivity index (χ1n) is 13.8. The molecular formula is C32H33ClN2O4. The van der Waals surface area contributed by atoms with E-state index in [4.69, 9.17) is 25.8 Å². The summed E-state index contributed by atoms with van der Waals surface area (Å²) in [6.07, 6.45) is 4.37. The average Bonchev–Trinajstić information content (AvgIpc) is 3.32. The number of hydrogen-bond acceptors (Lipinski definition) is 4. The predicted octanol–water partition coefficient (Wildman–Crippen LogP) is 7.48. The predicted molar refractivity (Wildman–Crippen MR) is 153 cm³/mol. The summed E-state index contributed by atoms with van der Waals surface area (Å²) in [5.41, 5.74) is 5.41. The summed E-state index contributed by atoms with van der Waals surface area (Å²) in [6, 6.07) is 21.4. The smallest absolute Gasteiger partial charge is 0.416 e. The number of fused-ring (bicyclic) bond motifs is 3. The van der Waals surface area contributed by atoms with Crippen LogP contribution in [0, 0.1) is 0 Å². The Morgan fingerprint density at radius 1 is 1.03 bits per heavy atom. The number of halogens is 1. The van der Waals surface area contributed by atoms with Crippen LogP contribution >= 0.6 is 11.6 Å². The van der Waals surface area contributed by atoms with Gasteiger partial charge in [-0.3, -0.25) is 4.90 Å². The van der Waals surface area contributed by atoms with E-state index in [1.807, 2.05) is 71.6 Å². The van der Waals surface area contributed by atoms with Gasteiger partial charge in [-0.15, -0.1) is 0 Å². The van der Waals surface area contributed by atoms with E-state index in [0.29, 0.717) is 23.7 Å². The number of aryl methyl sites for hydroxylation is 1. The minimum Gasteiger partial charge on any atom is -0.490 e. The van der Waals surface area contributed by atoms with Gasteiger partial charge in [0.2, 0.25) is 0 Å². The second-order valence-corrected chi connectivity index (χ2v) is 10.8. The van der Waals surface area contributed by atoms with Crippen LogP contribution in [0.15, 0.2) is 66.7 Å². The molecular weight excluding hydrogens is 512 g/mol. The van der Waals surface area contributed by atoms with Gasteiger partial charge in [-0.05, 0) is 72.0 Å². The standard InChI is InChI=1S/C32H33ClN2O4/c1-2-3-21-4-9-25(10-5-21)39-32(36)35-17-14-27-28-20-23(33)8-13-29(28)34-30(27)31(35)22-6-11-24(12-7-22)38-26-15-18-37-19-16-26/h4-13,20,26,31,34H,2-3,14-19H2,1H3. The minimum atomic E-state index is -0.367. The number of ether oxygens (including phenoxy) is 3. The molecule has 6 nitrogen and oxygen atoms in total. The lowest BCUT2D eigenvalue weighted by molar-refractivity contribution is 0.0255. The van der Waals surface area contributed by atoms with Gasteiger partial charge in [0.1, 0.15) is 23.6 Å². The molecule has 4 aromatic rings. The molecule has 1 fully saturated rings. The fourth-order valence-corrected chi connectivity index (χ4v) is 5.86. The van der Waals surface area contributed by atoms with Gasteiger partial charge in [0, 0.05) is 41.0 Å². The topological polar surface area (TPSA) is 63.8 Å². The number of nitrogens with zero attached hydrogens (tertiary/aromatic N) is 1. The van der Waals surface area contributed by atoms with E-state index >= 15 is 0 Å². The second kappa shape index (κ2) is 11.3. The van der Waals surface area contributed by atoms with Crippen LogP contribution in [0.1, 0.15) is 54.6 Å². The third-order valence-corrected chi connectivity index (χ3v) is 7.89. The minimum absolute atomic E-state index is 0.166. The van der Waals surface area contributed by atoms with Crippen LogP contribution in [0.3, 0.4) is 0 Å². The Balaban J connectivity index is 1.31. The Kier molecular flexibility index (Phi) is 7.49. The summed E-state index contributed by atoms with van der Waals surface area (Å²) in [7, 11) is 0. The fraction of sp³-hybridized carbons (Fsp3) is 0.344. The maximum Gasteiger partial charge on any atom is 0.416 e. The van der Waals surface area contributed by atoms with Crippen molar-refractivity contribution in [3.05, 3.63) is 94.1 Å². The van der Waals surface area contributed by atoms with E-state index in [1.165, 1.54) is 11.1 Å². The van der Waals surface area contributed by atoms with E-state index in [-0.39, 0.29) is 18.2 Å². The Morgan fingerprint density at radius 3 is 2.51 bits per heavy atom. The maximum atomic E-state index is 13.6. The molecule has 3 heterocycles. The van der Waals surface area contributed by atoms with Gasteiger partial charge >= 0.3 is 6.09 Å². The van der Waals surface area contributed by atoms with Crippen molar-refractivity contribution in [3.8, 4) is 11.5 Å². The summed E-state index contributed by atoms with van der Waals surface area (Å²) in [6.45, 7) is 4.15. The number of hydrogen-bond donors (Lipinski definition) is 1. The molecule has 1 atom stereocenters. The Bertz CT molecular complexity index is 1440. The van der Waals surface area contributed by atoms with Crippen molar-refractivity contribution in [2.75, 3.05) is 19.8 Å². The van der Waals surface area contributed by atoms with Gasteiger partial charge in [-0.2, -0.15) is 0 Å². The molecule has 0 saturated carbocycles. The molecule has 1 N–H and O–H groups in total. The van der Waals surface area contributed by atoms with E-state index in [2.05, 4.69) is 11.9 Å². The Labute approximate surface area is 233 Å². The molecule has 1 aromatic heterocycles. The van der Waals surface area contributed by atoms with Crippen LogP contribution in [-0.4, -0.2) is 41.8 Å². The molecule has 1 saturated heterocycles. The first-order valence-corrected chi connectivity index (χ1v) is 14.2. The van der Waals surface area contributed by atoms with E-state index < -0.39 is 0 Å². The van der Waals surface area contributed by atoms with Crippen molar-refractivity contribution in [2.24, 2.45) is 0 Å². The zero-order chi connectivity index (χ0) is 26.8. The molecule has 0 spiro atoms. The van der Waals surface area contributed by atoms with Gasteiger partial charge in [0.25, 0.3) is 0 Å². The molecule has 7 heteroatoms. The highest BCUT2D eigenvalue weighted by Gasteiger charge is 2.36. The van der Waals surface area contributed by atoms with Gasteiger partial charge in [-0.1, -0.05) is 49.2 Å². The molecule has 39 heavy (non-hydrogen) atoms. The van der Waals surface area contributed by atoms with Gasteiger partial charge in [0.05, 0.1) is 13.2 Å².